The molecule has 1 aliphatic heterocycles. The van der Waals surface area contributed by atoms with Gasteiger partial charge in [0.15, 0.2) is 11.2 Å². The number of aromatic nitrogens is 5. The lowest BCUT2D eigenvalue weighted by Gasteiger charge is -2.12. The van der Waals surface area contributed by atoms with Crippen LogP contribution in [0, 0.1) is 0 Å². The number of rotatable bonds is 2. The fourth-order valence-electron chi connectivity index (χ4n) is 2.63. The van der Waals surface area contributed by atoms with Crippen LogP contribution >= 0.6 is 0 Å². The zero-order chi connectivity index (χ0) is 13.5. The zero-order valence-corrected chi connectivity index (χ0v) is 10.8. The van der Waals surface area contributed by atoms with E-state index in [9.17, 15) is 4.79 Å². The Morgan fingerprint density at radius 2 is 2.30 bits per heavy atom. The van der Waals surface area contributed by atoms with Crippen LogP contribution < -0.4 is 5.56 Å². The first-order valence-corrected chi connectivity index (χ1v) is 6.64. The second kappa shape index (κ2) is 4.38. The van der Waals surface area contributed by atoms with Crippen molar-refractivity contribution in [2.75, 3.05) is 6.61 Å². The van der Waals surface area contributed by atoms with E-state index in [2.05, 4.69) is 15.3 Å². The lowest BCUT2D eigenvalue weighted by molar-refractivity contribution is 0.0963. The average molecular weight is 271 g/mol. The van der Waals surface area contributed by atoms with Gasteiger partial charge in [-0.05, 0) is 18.9 Å². The Labute approximate surface area is 113 Å². The Hall–Kier alpha value is -2.28. The predicted octanol–water partition coefficient (Wildman–Crippen LogP) is 0.618. The molecule has 0 saturated carbocycles. The highest BCUT2D eigenvalue weighted by molar-refractivity contribution is 5.74. The number of hydrogen-bond acceptors (Lipinski definition) is 5. The average Bonchev–Trinajstić information content (AvgIpc) is 3.12. The van der Waals surface area contributed by atoms with Gasteiger partial charge < -0.3 is 9.30 Å². The molecule has 7 heteroatoms. The van der Waals surface area contributed by atoms with E-state index in [1.807, 2.05) is 6.07 Å². The summed E-state index contributed by atoms with van der Waals surface area (Å²) >= 11 is 0. The lowest BCUT2D eigenvalue weighted by atomic mass is 10.2. The van der Waals surface area contributed by atoms with Crippen molar-refractivity contribution in [3.05, 3.63) is 34.9 Å². The fraction of sp³-hybridized carbons (Fsp3) is 0.385. The van der Waals surface area contributed by atoms with E-state index in [-0.39, 0.29) is 11.7 Å². The summed E-state index contributed by atoms with van der Waals surface area (Å²) in [6, 6.07) is 3.60. The van der Waals surface area contributed by atoms with Crippen molar-refractivity contribution < 1.29 is 4.74 Å². The van der Waals surface area contributed by atoms with Gasteiger partial charge in [0.25, 0.3) is 5.56 Å². The third-order valence-electron chi connectivity index (χ3n) is 3.65. The maximum atomic E-state index is 12.4. The largest absolute Gasteiger partial charge is 0.376 e. The van der Waals surface area contributed by atoms with Gasteiger partial charge in [-0.1, -0.05) is 0 Å². The Balaban J connectivity index is 1.85. The maximum absolute atomic E-state index is 12.4. The third kappa shape index (κ3) is 1.70. The Morgan fingerprint density at radius 3 is 3.15 bits per heavy atom. The van der Waals surface area contributed by atoms with Gasteiger partial charge in [0.2, 0.25) is 0 Å². The molecule has 1 unspecified atom stereocenters. The van der Waals surface area contributed by atoms with E-state index in [4.69, 9.17) is 4.74 Å². The van der Waals surface area contributed by atoms with Crippen molar-refractivity contribution in [3.8, 4) is 0 Å². The first-order valence-electron chi connectivity index (χ1n) is 6.64. The minimum Gasteiger partial charge on any atom is -0.376 e. The quantitative estimate of drug-likeness (QED) is 0.683. The maximum Gasteiger partial charge on any atom is 0.280 e. The van der Waals surface area contributed by atoms with Crippen LogP contribution in [0.2, 0.25) is 0 Å². The van der Waals surface area contributed by atoms with Crippen molar-refractivity contribution in [1.82, 2.24) is 24.4 Å². The molecule has 0 radical (unpaired) electrons. The van der Waals surface area contributed by atoms with Crippen molar-refractivity contribution in [2.45, 2.75) is 25.5 Å². The molecule has 3 aromatic heterocycles. The van der Waals surface area contributed by atoms with Gasteiger partial charge in [0.05, 0.1) is 18.8 Å². The van der Waals surface area contributed by atoms with E-state index >= 15 is 0 Å². The van der Waals surface area contributed by atoms with Gasteiger partial charge in [-0.25, -0.2) is 4.52 Å². The number of pyridine rings is 1. The monoisotopic (exact) mass is 271 g/mol. The first-order chi connectivity index (χ1) is 9.83. The molecule has 0 N–H and O–H groups in total. The van der Waals surface area contributed by atoms with Crippen LogP contribution in [0.1, 0.15) is 12.8 Å². The van der Waals surface area contributed by atoms with Crippen molar-refractivity contribution >= 4 is 16.7 Å². The molecule has 1 fully saturated rings. The summed E-state index contributed by atoms with van der Waals surface area (Å²) in [5.74, 6) is 0. The van der Waals surface area contributed by atoms with Crippen LogP contribution in [0.3, 0.4) is 0 Å². The minimum atomic E-state index is -0.150. The molecular weight excluding hydrogens is 258 g/mol. The van der Waals surface area contributed by atoms with Gasteiger partial charge in [-0.3, -0.25) is 4.79 Å². The second-order valence-electron chi connectivity index (χ2n) is 4.94. The molecule has 0 amide bonds. The lowest BCUT2D eigenvalue weighted by Crippen LogP contribution is -2.27. The SMILES string of the molecule is O=c1c2nnc3ccnn3c2ccn1CC1CCCO1. The van der Waals surface area contributed by atoms with Crippen molar-refractivity contribution in [2.24, 2.45) is 0 Å². The van der Waals surface area contributed by atoms with Crippen LogP contribution in [-0.4, -0.2) is 37.1 Å². The molecule has 3 aromatic rings. The summed E-state index contributed by atoms with van der Waals surface area (Å²) in [4.78, 5) is 12.4. The molecular formula is C13H13N5O2. The van der Waals surface area contributed by atoms with Crippen LogP contribution in [0.15, 0.2) is 29.3 Å². The molecule has 4 heterocycles. The molecule has 7 nitrogen and oxygen atoms in total. The van der Waals surface area contributed by atoms with Crippen molar-refractivity contribution in [1.29, 1.82) is 0 Å². The summed E-state index contributed by atoms with van der Waals surface area (Å²) in [6.07, 6.45) is 5.58. The van der Waals surface area contributed by atoms with Crippen molar-refractivity contribution in [3.63, 3.8) is 0 Å². The first kappa shape index (κ1) is 11.5. The summed E-state index contributed by atoms with van der Waals surface area (Å²) in [5, 5.41) is 12.2. The molecule has 1 saturated heterocycles. The van der Waals surface area contributed by atoms with Crippen LogP contribution in [0.4, 0.5) is 0 Å². The highest BCUT2D eigenvalue weighted by atomic mass is 16.5. The molecule has 0 aromatic carbocycles. The van der Waals surface area contributed by atoms with Crippen LogP contribution in [0.5, 0.6) is 0 Å². The number of nitrogens with zero attached hydrogens (tertiary/aromatic N) is 5. The predicted molar refractivity (Wildman–Crippen MR) is 71.5 cm³/mol. The molecule has 0 aliphatic carbocycles. The summed E-state index contributed by atoms with van der Waals surface area (Å²) < 4.78 is 8.83. The normalized spacial score (nSPS) is 19.1. The van der Waals surface area contributed by atoms with Gasteiger partial charge in [0.1, 0.15) is 5.52 Å². The number of ether oxygens (including phenoxy) is 1. The van der Waals surface area contributed by atoms with E-state index in [1.54, 1.807) is 27.5 Å². The summed E-state index contributed by atoms with van der Waals surface area (Å²) in [7, 11) is 0. The van der Waals surface area contributed by atoms with Gasteiger partial charge >= 0.3 is 0 Å². The standard InChI is InChI=1S/C13H13N5O2/c19-13-12-10(18-11(15-16-12)3-5-14-18)4-6-17(13)8-9-2-1-7-20-9/h3-6,9H,1-2,7-8H2. The fourth-order valence-corrected chi connectivity index (χ4v) is 2.63. The summed E-state index contributed by atoms with van der Waals surface area (Å²) in [5.41, 5.74) is 1.49. The summed E-state index contributed by atoms with van der Waals surface area (Å²) in [6.45, 7) is 1.34. The van der Waals surface area contributed by atoms with E-state index < -0.39 is 0 Å². The third-order valence-corrected chi connectivity index (χ3v) is 3.65. The van der Waals surface area contributed by atoms with E-state index in [1.165, 1.54) is 0 Å². The number of hydrogen-bond donors (Lipinski definition) is 0. The highest BCUT2D eigenvalue weighted by Crippen LogP contribution is 2.14. The minimum absolute atomic E-state index is 0.117. The van der Waals surface area contributed by atoms with Gasteiger partial charge in [0, 0.05) is 18.9 Å². The molecule has 20 heavy (non-hydrogen) atoms. The van der Waals surface area contributed by atoms with Crippen LogP contribution in [0.25, 0.3) is 16.7 Å². The zero-order valence-electron chi connectivity index (χ0n) is 10.8. The number of fused-ring (bicyclic) bond motifs is 3. The Bertz CT molecular complexity index is 832. The topological polar surface area (TPSA) is 74.3 Å². The highest BCUT2D eigenvalue weighted by Gasteiger charge is 2.17. The molecule has 102 valence electrons. The Morgan fingerprint density at radius 1 is 1.35 bits per heavy atom. The molecule has 1 atom stereocenters. The molecule has 0 spiro atoms. The molecule has 0 bridgehead atoms. The molecule has 4 rings (SSSR count). The second-order valence-corrected chi connectivity index (χ2v) is 4.94. The van der Waals surface area contributed by atoms with Gasteiger partial charge in [-0.15, -0.1) is 10.2 Å². The Kier molecular flexibility index (Phi) is 2.53. The van der Waals surface area contributed by atoms with Gasteiger partial charge in [-0.2, -0.15) is 5.10 Å². The van der Waals surface area contributed by atoms with E-state index in [0.29, 0.717) is 23.2 Å². The van der Waals surface area contributed by atoms with E-state index in [0.717, 1.165) is 19.4 Å². The van der Waals surface area contributed by atoms with Crippen LogP contribution in [-0.2, 0) is 11.3 Å². The molecule has 1 aliphatic rings. The smallest absolute Gasteiger partial charge is 0.280 e.